The highest BCUT2D eigenvalue weighted by Crippen LogP contribution is 2.30. The average molecular weight is 300 g/mol. The molecule has 0 aliphatic rings. The number of para-hydroxylation sites is 1. The van der Waals surface area contributed by atoms with E-state index in [1.165, 1.54) is 7.11 Å². The highest BCUT2D eigenvalue weighted by molar-refractivity contribution is 5.85. The first-order valence-corrected chi connectivity index (χ1v) is 6.63. The zero-order valence-corrected chi connectivity index (χ0v) is 12.4. The zero-order chi connectivity index (χ0) is 15.9. The molecule has 0 atom stereocenters. The van der Waals surface area contributed by atoms with E-state index in [-0.39, 0.29) is 17.7 Å². The fourth-order valence-corrected chi connectivity index (χ4v) is 1.96. The minimum atomic E-state index is -0.474. The largest absolute Gasteiger partial charge is 0.497 e. The van der Waals surface area contributed by atoms with E-state index >= 15 is 0 Å². The molecule has 5 nitrogen and oxygen atoms in total. The van der Waals surface area contributed by atoms with Crippen LogP contribution in [0.4, 0.5) is 0 Å². The van der Waals surface area contributed by atoms with Gasteiger partial charge in [0.05, 0.1) is 26.2 Å². The normalized spacial score (nSPS) is 9.91. The van der Waals surface area contributed by atoms with Crippen LogP contribution in [0.2, 0.25) is 0 Å². The Kier molecular flexibility index (Phi) is 5.14. The number of ether oxygens (including phenoxy) is 3. The molecule has 0 radical (unpaired) electrons. The molecule has 0 heterocycles. The minimum absolute atomic E-state index is 0.0837. The average Bonchev–Trinajstić information content (AvgIpc) is 2.55. The maximum absolute atomic E-state index is 12.0. The molecule has 2 rings (SSSR count). The summed E-state index contributed by atoms with van der Waals surface area (Å²) < 4.78 is 15.5. The van der Waals surface area contributed by atoms with Gasteiger partial charge in [0.2, 0.25) is 0 Å². The molecule has 0 aliphatic heterocycles. The van der Waals surface area contributed by atoms with Crippen LogP contribution in [-0.2, 0) is 11.2 Å². The molecular weight excluding hydrogens is 284 g/mol. The number of carbonyl (C=O) groups excluding carboxylic acids is 2. The molecule has 0 fully saturated rings. The predicted molar refractivity (Wildman–Crippen MR) is 80.7 cm³/mol. The lowest BCUT2D eigenvalue weighted by atomic mass is 10.1. The van der Waals surface area contributed by atoms with Crippen LogP contribution in [0, 0.1) is 0 Å². The molecule has 2 aromatic carbocycles. The van der Waals surface area contributed by atoms with Gasteiger partial charge in [-0.2, -0.15) is 0 Å². The van der Waals surface area contributed by atoms with Crippen molar-refractivity contribution in [2.24, 2.45) is 0 Å². The molecule has 0 aliphatic carbocycles. The standard InChI is InChI=1S/C17H16O5/c1-20-14-8-6-12(7-9-14)10-16(19)22-17-13(11-18)4-3-5-15(17)21-2/h3-9,11H,10H2,1-2H3. The highest BCUT2D eigenvalue weighted by Gasteiger charge is 2.15. The topological polar surface area (TPSA) is 61.8 Å². The number of carbonyl (C=O) groups is 2. The maximum atomic E-state index is 12.0. The third-order valence-corrected chi connectivity index (χ3v) is 3.08. The van der Waals surface area contributed by atoms with Gasteiger partial charge in [0.25, 0.3) is 0 Å². The molecule has 2 aromatic rings. The van der Waals surface area contributed by atoms with Crippen molar-refractivity contribution in [1.29, 1.82) is 0 Å². The Morgan fingerprint density at radius 1 is 1.05 bits per heavy atom. The van der Waals surface area contributed by atoms with Gasteiger partial charge in [0.1, 0.15) is 5.75 Å². The summed E-state index contributed by atoms with van der Waals surface area (Å²) in [5, 5.41) is 0. The lowest BCUT2D eigenvalue weighted by Gasteiger charge is -2.11. The van der Waals surface area contributed by atoms with Crippen LogP contribution in [0.3, 0.4) is 0 Å². The minimum Gasteiger partial charge on any atom is -0.497 e. The summed E-state index contributed by atoms with van der Waals surface area (Å²) in [6, 6.07) is 11.9. The van der Waals surface area contributed by atoms with Crippen molar-refractivity contribution in [3.05, 3.63) is 53.6 Å². The Hall–Kier alpha value is -2.82. The number of rotatable bonds is 6. The van der Waals surface area contributed by atoms with Crippen LogP contribution in [0.1, 0.15) is 15.9 Å². The van der Waals surface area contributed by atoms with E-state index in [9.17, 15) is 9.59 Å². The second kappa shape index (κ2) is 7.26. The molecule has 0 bridgehead atoms. The Balaban J connectivity index is 2.13. The van der Waals surface area contributed by atoms with Gasteiger partial charge >= 0.3 is 5.97 Å². The Morgan fingerprint density at radius 3 is 2.36 bits per heavy atom. The lowest BCUT2D eigenvalue weighted by molar-refractivity contribution is -0.133. The third-order valence-electron chi connectivity index (χ3n) is 3.08. The van der Waals surface area contributed by atoms with Crippen LogP contribution in [0.15, 0.2) is 42.5 Å². The molecule has 0 aromatic heterocycles. The van der Waals surface area contributed by atoms with Crippen LogP contribution >= 0.6 is 0 Å². The molecule has 0 unspecified atom stereocenters. The summed E-state index contributed by atoms with van der Waals surface area (Å²) in [5.41, 5.74) is 1.05. The van der Waals surface area contributed by atoms with E-state index in [1.807, 2.05) is 0 Å². The summed E-state index contributed by atoms with van der Waals surface area (Å²) in [6.07, 6.45) is 0.707. The summed E-state index contributed by atoms with van der Waals surface area (Å²) >= 11 is 0. The van der Waals surface area contributed by atoms with E-state index < -0.39 is 5.97 Å². The monoisotopic (exact) mass is 300 g/mol. The molecule has 0 N–H and O–H groups in total. The third kappa shape index (κ3) is 3.63. The van der Waals surface area contributed by atoms with Crippen molar-refractivity contribution in [3.8, 4) is 17.2 Å². The molecule has 0 saturated heterocycles. The highest BCUT2D eigenvalue weighted by atomic mass is 16.6. The predicted octanol–water partition coefficient (Wildman–Crippen LogP) is 2.66. The number of esters is 1. The molecule has 0 saturated carbocycles. The smallest absolute Gasteiger partial charge is 0.315 e. The maximum Gasteiger partial charge on any atom is 0.315 e. The van der Waals surface area contributed by atoms with Gasteiger partial charge in [-0.3, -0.25) is 9.59 Å². The Morgan fingerprint density at radius 2 is 1.77 bits per heavy atom. The second-order valence-electron chi connectivity index (χ2n) is 4.50. The van der Waals surface area contributed by atoms with E-state index in [0.29, 0.717) is 17.8 Å². The van der Waals surface area contributed by atoms with Gasteiger partial charge < -0.3 is 14.2 Å². The van der Waals surface area contributed by atoms with Crippen molar-refractivity contribution in [2.45, 2.75) is 6.42 Å². The number of hydrogen-bond acceptors (Lipinski definition) is 5. The van der Waals surface area contributed by atoms with E-state index in [0.717, 1.165) is 5.56 Å². The quantitative estimate of drug-likeness (QED) is 0.466. The lowest BCUT2D eigenvalue weighted by Crippen LogP contribution is -2.13. The first-order chi connectivity index (χ1) is 10.7. The van der Waals surface area contributed by atoms with Crippen LogP contribution < -0.4 is 14.2 Å². The van der Waals surface area contributed by atoms with Gasteiger partial charge in [0, 0.05) is 0 Å². The molecular formula is C17H16O5. The zero-order valence-electron chi connectivity index (χ0n) is 12.4. The van der Waals surface area contributed by atoms with Crippen molar-refractivity contribution in [2.75, 3.05) is 14.2 Å². The first-order valence-electron chi connectivity index (χ1n) is 6.63. The molecule has 22 heavy (non-hydrogen) atoms. The number of methoxy groups -OCH3 is 2. The van der Waals surface area contributed by atoms with Crippen molar-refractivity contribution in [3.63, 3.8) is 0 Å². The van der Waals surface area contributed by atoms with Crippen LogP contribution in [-0.4, -0.2) is 26.5 Å². The number of hydrogen-bond donors (Lipinski definition) is 0. The molecule has 0 spiro atoms. The molecule has 5 heteroatoms. The van der Waals surface area contributed by atoms with Gasteiger partial charge in [-0.25, -0.2) is 0 Å². The van der Waals surface area contributed by atoms with E-state index in [2.05, 4.69) is 0 Å². The van der Waals surface area contributed by atoms with Crippen molar-refractivity contribution < 1.29 is 23.8 Å². The Labute approximate surface area is 128 Å². The summed E-state index contributed by atoms with van der Waals surface area (Å²) in [4.78, 5) is 23.1. The van der Waals surface area contributed by atoms with Gasteiger partial charge in [0.15, 0.2) is 17.8 Å². The fraction of sp³-hybridized carbons (Fsp3) is 0.176. The van der Waals surface area contributed by atoms with Crippen molar-refractivity contribution in [1.82, 2.24) is 0 Å². The summed E-state index contributed by atoms with van der Waals surface area (Å²) in [5.74, 6) is 0.717. The molecule has 0 amide bonds. The van der Waals surface area contributed by atoms with Crippen molar-refractivity contribution >= 4 is 12.3 Å². The van der Waals surface area contributed by atoms with Crippen LogP contribution in [0.25, 0.3) is 0 Å². The SMILES string of the molecule is COc1ccc(CC(=O)Oc2c(C=O)cccc2OC)cc1. The molecule has 114 valence electrons. The van der Waals surface area contributed by atoms with Gasteiger partial charge in [-0.1, -0.05) is 18.2 Å². The number of benzene rings is 2. The van der Waals surface area contributed by atoms with Gasteiger partial charge in [-0.05, 0) is 29.8 Å². The van der Waals surface area contributed by atoms with E-state index in [4.69, 9.17) is 14.2 Å². The first kappa shape index (κ1) is 15.6. The Bertz CT molecular complexity index is 661. The number of aldehydes is 1. The fourth-order valence-electron chi connectivity index (χ4n) is 1.96. The van der Waals surface area contributed by atoms with Gasteiger partial charge in [-0.15, -0.1) is 0 Å². The summed E-state index contributed by atoms with van der Waals surface area (Å²) in [6.45, 7) is 0. The second-order valence-corrected chi connectivity index (χ2v) is 4.50. The van der Waals surface area contributed by atoms with E-state index in [1.54, 1.807) is 49.6 Å². The van der Waals surface area contributed by atoms with Crippen LogP contribution in [0.5, 0.6) is 17.2 Å². The summed E-state index contributed by atoms with van der Waals surface area (Å²) in [7, 11) is 3.02.